The summed E-state index contributed by atoms with van der Waals surface area (Å²) in [6, 6.07) is 12.5. The molecule has 5 aromatic heterocycles. The predicted molar refractivity (Wildman–Crippen MR) is 520 cm³/mol. The van der Waals surface area contributed by atoms with Crippen LogP contribution in [0.15, 0.2) is 105 Å². The van der Waals surface area contributed by atoms with E-state index in [-0.39, 0.29) is 169 Å². The van der Waals surface area contributed by atoms with Crippen LogP contribution in [0, 0.1) is 48.9 Å². The molecule has 778 valence electrons. The number of esters is 2. The second-order valence-electron chi connectivity index (χ2n) is 31.0. The van der Waals surface area contributed by atoms with Crippen molar-refractivity contribution in [2.24, 2.45) is 22.6 Å². The van der Waals surface area contributed by atoms with Gasteiger partial charge in [-0.15, -0.1) is 37.0 Å². The molecule has 0 saturated carbocycles. The number of carbonyl (C=O) groups excluding carboxylic acids is 11. The molecule has 5 heterocycles. The topological polar surface area (TPSA) is 693 Å². The Labute approximate surface area is 840 Å². The van der Waals surface area contributed by atoms with E-state index in [4.69, 9.17) is 51.1 Å². The number of H-pyrrole nitrogens is 3. The van der Waals surface area contributed by atoms with Crippen LogP contribution in [-0.2, 0) is 70.5 Å². The van der Waals surface area contributed by atoms with Gasteiger partial charge < -0.3 is 74.3 Å². The molecule has 52 heteroatoms. The number of benzene rings is 3. The number of alkyl halides is 6. The SMILES string of the molecule is C.C.C#CCCCC(=O)NCCCC[C@H](NC(=O)c1ccc(N(Cc2cnc3nc(NC(=O)C(C)C)[nH]c(=O)c3n2)C(=O)C(F)(F)F)cc1)C(=O)OC.C#CCCCC(=O)NCCCC[C@H](NC(=O)c1ccc(NCC=Nc2c(N)nc(N)[nH]c2=O)cc1)C(=O)O.C#CCCCC(=O)O.COC(=O)[C@H](CCCCN)NC(=O)c1ccc(N(Cc2cnc3nc(NC(=O)C(C)C)[nH]c(=O)c3n2)C(=O)C(F)(F)F)cc1.[Li+].[OH-]. The van der Waals surface area contributed by atoms with Gasteiger partial charge in [0.25, 0.3) is 34.4 Å². The number of aliphatic imine (C=N–C) groups is 1. The first kappa shape index (κ1) is 127. The van der Waals surface area contributed by atoms with Gasteiger partial charge in [0, 0.05) is 103 Å². The number of hydrogen-bond donors (Lipinski definition) is 16. The van der Waals surface area contributed by atoms with Crippen molar-refractivity contribution >= 4 is 152 Å². The smallest absolute Gasteiger partial charge is 0.870 e. The summed E-state index contributed by atoms with van der Waals surface area (Å²) in [4.78, 5) is 233. The molecule has 0 unspecified atom stereocenters. The van der Waals surface area contributed by atoms with E-state index >= 15 is 0 Å². The van der Waals surface area contributed by atoms with E-state index in [0.717, 1.165) is 43.8 Å². The maximum Gasteiger partial charge on any atom is 1.00 e. The molecule has 0 fully saturated rings. The van der Waals surface area contributed by atoms with E-state index in [1.54, 1.807) is 52.0 Å². The number of aromatic amines is 3. The number of amides is 9. The largest absolute Gasteiger partial charge is 1.00 e. The van der Waals surface area contributed by atoms with Crippen LogP contribution in [0.25, 0.3) is 22.3 Å². The Balaban J connectivity index is 0.00000104. The molecule has 3 atom stereocenters. The van der Waals surface area contributed by atoms with Gasteiger partial charge in [-0.3, -0.25) is 97.7 Å². The van der Waals surface area contributed by atoms with E-state index < -0.39 is 137 Å². The summed E-state index contributed by atoms with van der Waals surface area (Å²) in [5.74, 6) is -4.93. The minimum atomic E-state index is -5.30. The van der Waals surface area contributed by atoms with Crippen LogP contribution in [0.5, 0.6) is 0 Å². The molecule has 9 amide bonds. The molecule has 0 saturated heterocycles. The molecule has 0 spiro atoms. The van der Waals surface area contributed by atoms with Crippen molar-refractivity contribution in [2.45, 2.75) is 202 Å². The third-order valence-corrected chi connectivity index (χ3v) is 19.4. The van der Waals surface area contributed by atoms with Gasteiger partial charge in [0.1, 0.15) is 18.1 Å². The Kier molecular flexibility index (Phi) is 56.4. The molecule has 0 aliphatic heterocycles. The number of nitrogens with two attached hydrogens (primary N) is 3. The Morgan fingerprint density at radius 2 is 0.890 bits per heavy atom. The number of ether oxygens (including phenoxy) is 2. The van der Waals surface area contributed by atoms with Crippen LogP contribution in [0.4, 0.5) is 72.8 Å². The van der Waals surface area contributed by atoms with E-state index in [9.17, 15) is 108 Å². The van der Waals surface area contributed by atoms with Gasteiger partial charge in [-0.1, -0.05) is 42.5 Å². The van der Waals surface area contributed by atoms with Gasteiger partial charge in [0.2, 0.25) is 41.5 Å². The third-order valence-electron chi connectivity index (χ3n) is 19.4. The van der Waals surface area contributed by atoms with Crippen molar-refractivity contribution in [3.05, 3.63) is 144 Å². The summed E-state index contributed by atoms with van der Waals surface area (Å²) in [6.45, 7) is 6.41. The molecule has 0 radical (unpaired) electrons. The maximum atomic E-state index is 13.7. The summed E-state index contributed by atoms with van der Waals surface area (Å²) in [5, 5.41) is 38.5. The Bertz CT molecular complexity index is 6050. The van der Waals surface area contributed by atoms with E-state index in [2.05, 4.69) is 115 Å². The fourth-order valence-corrected chi connectivity index (χ4v) is 12.0. The fourth-order valence-electron chi connectivity index (χ4n) is 12.0. The molecule has 0 aliphatic rings. The van der Waals surface area contributed by atoms with Crippen LogP contribution in [0.3, 0.4) is 0 Å². The number of aromatic nitrogens is 10. The molecule has 8 aromatic rings. The zero-order valence-electron chi connectivity index (χ0n) is 78.9. The number of nitrogens with one attached hydrogen (secondary N) is 11. The molecule has 145 heavy (non-hydrogen) atoms. The van der Waals surface area contributed by atoms with Gasteiger partial charge in [0.15, 0.2) is 33.8 Å². The van der Waals surface area contributed by atoms with Crippen molar-refractivity contribution in [3.8, 4) is 37.0 Å². The standard InChI is InChI=1S/C33H37F3N8O7.C27H31F3N8O6.C25H32N8O5.C6H8O2.2CH4.Li.H2O/c1-5-6-7-11-24(45)37-16-9-8-10-23(30(49)51-4)40-28(47)20-12-14-22(15-13-20)44(31(50)33(34,35)36)18-21-17-38-26-25(39-21)29(48)43-32(41-26)42-27(46)19(2)3;1-14(2)21(39)36-26-35-20-19(23(41)37-26)33-16(12-32-20)13-38(25(43)27(28,29)30)17-9-7-15(8-10-17)22(40)34-18(24(42)44-3)6-4-5-11-31;1-2-3-4-8-19(34)29-13-6-5-7-18(24(37)38)31-22(35)16-9-11-17(12-10-16)28-14-15-30-20-21(26)32-25(27)33-23(20)36;1-2-3-4-5-6(7)8;;;;/h1,12-15,17,19,23H,6-11,16,18H2,2-4H3,(H,37,45)(H,40,47)(H2,38,41,42,43,46,48);7-10,12,14,18H,4-6,11,13,31H2,1-3H3,(H,34,40)(H2,32,35,36,37,39,41);1,9-12,15,18,28H,3-8,13-14H2,(H,29,34)(H,31,35)(H,37,38)(H5,26,27,32,33,36);1H,3-5H2,(H,7,8);2*1H4;;1H2/q;;;;;;+1;/p-1/t23-;2*18-;;;;;/m000...../s1. The van der Waals surface area contributed by atoms with Crippen molar-refractivity contribution in [2.75, 3.05) is 77.6 Å². The van der Waals surface area contributed by atoms with Gasteiger partial charge >= 0.3 is 66.9 Å². The normalized spacial score (nSPS) is 11.2. The van der Waals surface area contributed by atoms with Crippen molar-refractivity contribution in [1.29, 1.82) is 0 Å². The average molecular weight is 2030 g/mol. The number of carboxylic acids is 2. The molecular formula is C93H117F6LiN24O21. The second-order valence-corrected chi connectivity index (χ2v) is 31.0. The predicted octanol–water partition coefficient (Wildman–Crippen LogP) is 4.56. The van der Waals surface area contributed by atoms with Crippen molar-refractivity contribution in [1.82, 2.24) is 76.4 Å². The third kappa shape index (κ3) is 43.9. The number of halogens is 6. The number of anilines is 7. The maximum absolute atomic E-state index is 13.7. The monoisotopic (exact) mass is 2030 g/mol. The summed E-state index contributed by atoms with van der Waals surface area (Å²) in [6.07, 6.45) is 16.2. The molecular weight excluding hydrogens is 1910 g/mol. The first-order valence-corrected chi connectivity index (χ1v) is 43.6. The number of terminal acetylenes is 3. The van der Waals surface area contributed by atoms with Crippen LogP contribution in [-0.4, -0.2) is 220 Å². The first-order valence-electron chi connectivity index (χ1n) is 43.6. The quantitative estimate of drug-likeness (QED) is 0.00620. The Morgan fingerprint density at radius 1 is 0.517 bits per heavy atom. The zero-order chi connectivity index (χ0) is 105. The van der Waals surface area contributed by atoms with Crippen molar-refractivity contribution in [3.63, 3.8) is 0 Å². The van der Waals surface area contributed by atoms with E-state index in [1.165, 1.54) is 37.6 Å². The van der Waals surface area contributed by atoms with Gasteiger partial charge in [-0.25, -0.2) is 39.3 Å². The summed E-state index contributed by atoms with van der Waals surface area (Å²) in [5.41, 5.74) is 13.3. The average Bonchev–Trinajstić information content (AvgIpc) is 0.792. The number of methoxy groups -OCH3 is 2. The number of nitrogens with zero attached hydrogens (tertiary/aromatic N) is 10. The molecule has 8 rings (SSSR count). The molecule has 20 N–H and O–H groups in total. The zero-order valence-corrected chi connectivity index (χ0v) is 78.9. The number of hydrogen-bond acceptors (Lipinski definition) is 31. The van der Waals surface area contributed by atoms with Gasteiger partial charge in [-0.05, 0) is 156 Å². The van der Waals surface area contributed by atoms with Crippen LogP contribution in [0.1, 0.15) is 201 Å². The van der Waals surface area contributed by atoms with Crippen LogP contribution >= 0.6 is 0 Å². The number of fused-ring (bicyclic) bond motifs is 2. The Morgan fingerprint density at radius 3 is 1.24 bits per heavy atom. The second kappa shape index (κ2) is 64.4. The fraction of sp³-hybridized carbons (Fsp3) is 0.419. The number of aliphatic carboxylic acids is 2. The molecule has 45 nitrogen and oxygen atoms in total. The minimum absolute atomic E-state index is 0. The van der Waals surface area contributed by atoms with Gasteiger partial charge in [0.05, 0.1) is 57.6 Å². The molecule has 3 aromatic carbocycles. The van der Waals surface area contributed by atoms with Gasteiger partial charge in [-0.2, -0.15) is 41.3 Å². The molecule has 0 bridgehead atoms. The summed E-state index contributed by atoms with van der Waals surface area (Å²) in [7, 11) is 2.32. The summed E-state index contributed by atoms with van der Waals surface area (Å²) < 4.78 is 91.2. The van der Waals surface area contributed by atoms with Crippen LogP contribution in [0.2, 0.25) is 0 Å². The van der Waals surface area contributed by atoms with Crippen molar-refractivity contribution < 1.29 is 133 Å². The Hall–Kier alpha value is -16.1. The van der Waals surface area contributed by atoms with E-state index in [0.29, 0.717) is 131 Å². The number of carbonyl (C=O) groups is 13. The van der Waals surface area contributed by atoms with Crippen LogP contribution < -0.4 is 105 Å². The number of nitrogen functional groups attached to an aromatic ring is 2. The first-order chi connectivity index (χ1) is 66.9. The number of rotatable bonds is 46. The summed E-state index contributed by atoms with van der Waals surface area (Å²) >= 11 is 0. The number of unbranched alkanes of at least 4 members (excludes halogenated alkanes) is 6. The molecule has 0 aliphatic carbocycles. The minimum Gasteiger partial charge on any atom is -0.870 e. The van der Waals surface area contributed by atoms with E-state index in [1.807, 2.05) is 0 Å². The number of carboxylic acid groups (broad SMARTS) is 2.